The zero-order valence-electron chi connectivity index (χ0n) is 10.5. The number of hydrogen-bond donors (Lipinski definition) is 1. The van der Waals surface area contributed by atoms with E-state index in [0.29, 0.717) is 0 Å². The van der Waals surface area contributed by atoms with Crippen molar-refractivity contribution in [1.29, 1.82) is 0 Å². The van der Waals surface area contributed by atoms with Gasteiger partial charge in [0.05, 0.1) is 10.5 Å². The Morgan fingerprint density at radius 3 is 2.22 bits per heavy atom. The fourth-order valence-electron chi connectivity index (χ4n) is 1.76. The molecule has 0 spiro atoms. The third-order valence-electron chi connectivity index (χ3n) is 2.81. The van der Waals surface area contributed by atoms with Crippen molar-refractivity contribution in [2.75, 3.05) is 0 Å². The minimum Gasteiger partial charge on any atom is -0.426 e. The van der Waals surface area contributed by atoms with Crippen LogP contribution in [0.4, 0.5) is 36.4 Å². The fraction of sp³-hybridized carbons (Fsp3) is 0.300. The third kappa shape index (κ3) is 2.61. The number of hydrogen-bond acceptors (Lipinski definition) is 4. The van der Waals surface area contributed by atoms with E-state index < -0.39 is 56.3 Å². The molecular formula is C10H4F7N3O3. The van der Waals surface area contributed by atoms with Gasteiger partial charge < -0.3 is 5.21 Å². The van der Waals surface area contributed by atoms with Crippen molar-refractivity contribution in [3.63, 3.8) is 0 Å². The monoisotopic (exact) mass is 347 g/mol. The molecule has 0 radical (unpaired) electrons. The smallest absolute Gasteiger partial charge is 0.416 e. The molecule has 0 saturated carbocycles. The lowest BCUT2D eigenvalue weighted by atomic mass is 10.1. The van der Waals surface area contributed by atoms with Gasteiger partial charge in [0.15, 0.2) is 5.52 Å². The Hall–Kier alpha value is -2.60. The molecule has 1 aromatic heterocycles. The molecule has 126 valence electrons. The fourth-order valence-corrected chi connectivity index (χ4v) is 1.76. The number of non-ortho nitro benzene ring substituents is 1. The first-order valence-corrected chi connectivity index (χ1v) is 5.51. The predicted octanol–water partition coefficient (Wildman–Crippen LogP) is 3.56. The Kier molecular flexibility index (Phi) is 3.61. The van der Waals surface area contributed by atoms with Gasteiger partial charge in [-0.1, -0.05) is 0 Å². The molecule has 0 unspecified atom stereocenters. The topological polar surface area (TPSA) is 81.2 Å². The molecule has 6 nitrogen and oxygen atoms in total. The Balaban J connectivity index is 2.87. The van der Waals surface area contributed by atoms with Crippen LogP contribution in [0.1, 0.15) is 11.4 Å². The zero-order valence-corrected chi connectivity index (χ0v) is 10.5. The standard InChI is InChI=1S/C10H4F7N3O3/c11-7(12)9(13,14)8-18-6-4(19(8)21)1-3(10(15,16)17)2-5(6)20(22)23/h1-2,7,21H. The van der Waals surface area contributed by atoms with Gasteiger partial charge in [0, 0.05) is 6.07 Å². The van der Waals surface area contributed by atoms with E-state index in [1.165, 1.54) is 0 Å². The second kappa shape index (κ2) is 4.96. The van der Waals surface area contributed by atoms with Crippen LogP contribution in [0.3, 0.4) is 0 Å². The van der Waals surface area contributed by atoms with Gasteiger partial charge in [-0.15, -0.1) is 0 Å². The van der Waals surface area contributed by atoms with E-state index in [2.05, 4.69) is 4.98 Å². The molecule has 0 aliphatic rings. The largest absolute Gasteiger partial charge is 0.426 e. The number of imidazole rings is 1. The van der Waals surface area contributed by atoms with Crippen molar-refractivity contribution < 1.29 is 40.9 Å². The van der Waals surface area contributed by atoms with Crippen LogP contribution >= 0.6 is 0 Å². The van der Waals surface area contributed by atoms with E-state index in [1.54, 1.807) is 0 Å². The summed E-state index contributed by atoms with van der Waals surface area (Å²) in [4.78, 5) is 12.2. The first kappa shape index (κ1) is 16.8. The van der Waals surface area contributed by atoms with Crippen LogP contribution < -0.4 is 0 Å². The van der Waals surface area contributed by atoms with Gasteiger partial charge in [0.25, 0.3) is 5.69 Å². The van der Waals surface area contributed by atoms with Crippen molar-refractivity contribution in [2.24, 2.45) is 0 Å². The average Bonchev–Trinajstić information content (AvgIpc) is 2.74. The van der Waals surface area contributed by atoms with Crippen molar-refractivity contribution in [3.8, 4) is 0 Å². The minimum atomic E-state index is -5.10. The number of fused-ring (bicyclic) bond motifs is 1. The lowest BCUT2D eigenvalue weighted by Crippen LogP contribution is -2.27. The van der Waals surface area contributed by atoms with Gasteiger partial charge in [0.1, 0.15) is 5.52 Å². The number of nitro groups is 1. The molecule has 1 aromatic carbocycles. The van der Waals surface area contributed by atoms with Gasteiger partial charge in [-0.2, -0.15) is 26.7 Å². The molecule has 1 heterocycles. The highest BCUT2D eigenvalue weighted by atomic mass is 19.4. The van der Waals surface area contributed by atoms with E-state index in [0.717, 1.165) is 0 Å². The molecule has 0 atom stereocenters. The molecule has 0 amide bonds. The van der Waals surface area contributed by atoms with Crippen LogP contribution in [0.2, 0.25) is 0 Å². The minimum absolute atomic E-state index is 0.000367. The van der Waals surface area contributed by atoms with E-state index >= 15 is 0 Å². The maximum Gasteiger partial charge on any atom is 0.416 e. The summed E-state index contributed by atoms with van der Waals surface area (Å²) in [5.74, 6) is -7.04. The van der Waals surface area contributed by atoms with Gasteiger partial charge in [-0.05, 0) is 6.07 Å². The summed E-state index contributed by atoms with van der Waals surface area (Å²) in [6.07, 6.45) is -9.44. The highest BCUT2D eigenvalue weighted by Gasteiger charge is 2.49. The maximum absolute atomic E-state index is 13.3. The van der Waals surface area contributed by atoms with E-state index in [1.807, 2.05) is 0 Å². The molecule has 1 N–H and O–H groups in total. The van der Waals surface area contributed by atoms with Crippen molar-refractivity contribution in [2.45, 2.75) is 18.5 Å². The molecule has 13 heteroatoms. The molecular weight excluding hydrogens is 343 g/mol. The molecule has 0 bridgehead atoms. The lowest BCUT2D eigenvalue weighted by molar-refractivity contribution is -0.383. The summed E-state index contributed by atoms with van der Waals surface area (Å²) in [6.45, 7) is 0. The number of nitrogens with zero attached hydrogens (tertiary/aromatic N) is 3. The maximum atomic E-state index is 13.3. The van der Waals surface area contributed by atoms with Crippen LogP contribution in [-0.2, 0) is 12.1 Å². The number of rotatable bonds is 3. The summed E-state index contributed by atoms with van der Waals surface area (Å²) < 4.78 is 88.4. The number of halogens is 7. The third-order valence-corrected chi connectivity index (χ3v) is 2.81. The van der Waals surface area contributed by atoms with Crippen molar-refractivity contribution in [1.82, 2.24) is 9.71 Å². The average molecular weight is 347 g/mol. The summed E-state index contributed by atoms with van der Waals surface area (Å²) >= 11 is 0. The van der Waals surface area contributed by atoms with E-state index in [9.17, 15) is 46.1 Å². The Morgan fingerprint density at radius 2 is 1.78 bits per heavy atom. The van der Waals surface area contributed by atoms with Gasteiger partial charge >= 0.3 is 18.5 Å². The summed E-state index contributed by atoms with van der Waals surface area (Å²) in [7, 11) is 0. The van der Waals surface area contributed by atoms with Crippen molar-refractivity contribution in [3.05, 3.63) is 33.6 Å². The number of aromatic nitrogens is 2. The molecule has 0 saturated heterocycles. The molecule has 0 aliphatic heterocycles. The first-order valence-electron chi connectivity index (χ1n) is 5.51. The molecule has 2 rings (SSSR count). The van der Waals surface area contributed by atoms with Crippen LogP contribution in [0, 0.1) is 10.1 Å². The highest BCUT2D eigenvalue weighted by Crippen LogP contribution is 2.40. The molecule has 0 fully saturated rings. The van der Waals surface area contributed by atoms with Crippen LogP contribution in [-0.4, -0.2) is 26.3 Å². The molecule has 23 heavy (non-hydrogen) atoms. The van der Waals surface area contributed by atoms with E-state index in [-0.39, 0.29) is 12.1 Å². The Bertz CT molecular complexity index is 784. The molecule has 0 aliphatic carbocycles. The van der Waals surface area contributed by atoms with Gasteiger partial charge in [-0.3, -0.25) is 10.1 Å². The van der Waals surface area contributed by atoms with Gasteiger partial charge in [-0.25, -0.2) is 13.8 Å². The molecule has 2 aromatic rings. The highest BCUT2D eigenvalue weighted by molar-refractivity contribution is 5.86. The summed E-state index contributed by atoms with van der Waals surface area (Å²) in [6, 6.07) is 0.0833. The lowest BCUT2D eigenvalue weighted by Gasteiger charge is -2.13. The SMILES string of the molecule is O=[N+]([O-])c1cc(C(F)(F)F)cc2c1nc(C(F)(F)C(F)F)n2O. The predicted molar refractivity (Wildman–Crippen MR) is 58.5 cm³/mol. The Morgan fingerprint density at radius 1 is 1.22 bits per heavy atom. The Labute approximate surface area is 120 Å². The number of nitro benzene ring substituents is 1. The number of alkyl halides is 7. The van der Waals surface area contributed by atoms with Crippen LogP contribution in [0.15, 0.2) is 12.1 Å². The second-order valence-electron chi connectivity index (χ2n) is 4.29. The quantitative estimate of drug-likeness (QED) is 0.398. The first-order chi connectivity index (χ1) is 10.4. The van der Waals surface area contributed by atoms with Gasteiger partial charge in [0.2, 0.25) is 5.82 Å². The second-order valence-corrected chi connectivity index (χ2v) is 4.29. The summed E-state index contributed by atoms with van der Waals surface area (Å²) in [5.41, 5.74) is -5.24. The normalized spacial score (nSPS) is 13.0. The zero-order chi connectivity index (χ0) is 17.7. The van der Waals surface area contributed by atoms with E-state index in [4.69, 9.17) is 0 Å². The van der Waals surface area contributed by atoms with Crippen LogP contribution in [0.25, 0.3) is 11.0 Å². The van der Waals surface area contributed by atoms with Crippen molar-refractivity contribution >= 4 is 16.7 Å². The van der Waals surface area contributed by atoms with Crippen LogP contribution in [0.5, 0.6) is 0 Å². The summed E-state index contributed by atoms with van der Waals surface area (Å²) in [5, 5.41) is 20.2. The number of benzene rings is 1.